The first-order valence-corrected chi connectivity index (χ1v) is 5.64. The summed E-state index contributed by atoms with van der Waals surface area (Å²) < 4.78 is 0. The molecule has 2 aromatic rings. The van der Waals surface area contributed by atoms with Crippen molar-refractivity contribution in [1.29, 1.82) is 0 Å². The maximum Gasteiger partial charge on any atom is 0.0688 e. The van der Waals surface area contributed by atoms with Gasteiger partial charge in [0.15, 0.2) is 0 Å². The fourth-order valence-corrected chi connectivity index (χ4v) is 2.01. The molecular formula is C14H16N2O2. The van der Waals surface area contributed by atoms with E-state index in [1.807, 2.05) is 12.1 Å². The summed E-state index contributed by atoms with van der Waals surface area (Å²) in [4.78, 5) is 0. The SMILES string of the molecule is Nc1ccc(-c2ccc(N)cc2CO)c(CO)c1. The highest BCUT2D eigenvalue weighted by Crippen LogP contribution is 2.30. The van der Waals surface area contributed by atoms with Crippen LogP contribution in [0, 0.1) is 0 Å². The van der Waals surface area contributed by atoms with Crippen molar-refractivity contribution in [3.63, 3.8) is 0 Å². The molecule has 0 spiro atoms. The van der Waals surface area contributed by atoms with Crippen molar-refractivity contribution < 1.29 is 10.2 Å². The molecule has 0 aliphatic heterocycles. The van der Waals surface area contributed by atoms with E-state index in [9.17, 15) is 10.2 Å². The van der Waals surface area contributed by atoms with E-state index >= 15 is 0 Å². The van der Waals surface area contributed by atoms with Gasteiger partial charge >= 0.3 is 0 Å². The van der Waals surface area contributed by atoms with Gasteiger partial charge in [0, 0.05) is 11.4 Å². The largest absolute Gasteiger partial charge is 0.399 e. The lowest BCUT2D eigenvalue weighted by Gasteiger charge is -2.13. The molecular weight excluding hydrogens is 228 g/mol. The van der Waals surface area contributed by atoms with Crippen LogP contribution >= 0.6 is 0 Å². The fourth-order valence-electron chi connectivity index (χ4n) is 2.01. The number of nitrogen functional groups attached to an aromatic ring is 2. The number of aliphatic hydroxyl groups is 2. The number of rotatable bonds is 3. The number of hydrogen-bond acceptors (Lipinski definition) is 4. The van der Waals surface area contributed by atoms with Crippen LogP contribution in [0.2, 0.25) is 0 Å². The number of benzene rings is 2. The summed E-state index contributed by atoms with van der Waals surface area (Å²) in [6.07, 6.45) is 0. The van der Waals surface area contributed by atoms with Crippen LogP contribution in [0.3, 0.4) is 0 Å². The summed E-state index contributed by atoms with van der Waals surface area (Å²) >= 11 is 0. The van der Waals surface area contributed by atoms with Crippen LogP contribution in [0.5, 0.6) is 0 Å². The third-order valence-electron chi connectivity index (χ3n) is 2.89. The highest BCUT2D eigenvalue weighted by atomic mass is 16.3. The molecule has 94 valence electrons. The fraction of sp³-hybridized carbons (Fsp3) is 0.143. The third kappa shape index (κ3) is 2.30. The Kier molecular flexibility index (Phi) is 3.50. The van der Waals surface area contributed by atoms with Gasteiger partial charge in [-0.3, -0.25) is 0 Å². The topological polar surface area (TPSA) is 92.5 Å². The molecule has 6 N–H and O–H groups in total. The summed E-state index contributed by atoms with van der Waals surface area (Å²) in [5.41, 5.74) is 15.8. The van der Waals surface area contributed by atoms with Crippen molar-refractivity contribution in [3.05, 3.63) is 47.5 Å². The third-order valence-corrected chi connectivity index (χ3v) is 2.89. The Morgan fingerprint density at radius 2 is 1.11 bits per heavy atom. The molecule has 0 unspecified atom stereocenters. The standard InChI is InChI=1S/C14H16N2O2/c15-11-1-3-13(9(5-11)7-17)14-4-2-12(16)6-10(14)8-18/h1-6,17-18H,7-8,15-16H2. The Morgan fingerprint density at radius 1 is 0.722 bits per heavy atom. The number of nitrogens with two attached hydrogens (primary N) is 2. The molecule has 2 aromatic carbocycles. The molecule has 0 aromatic heterocycles. The van der Waals surface area contributed by atoms with Crippen LogP contribution in [0.25, 0.3) is 11.1 Å². The van der Waals surface area contributed by atoms with Crippen molar-refractivity contribution in [1.82, 2.24) is 0 Å². The minimum atomic E-state index is -0.102. The summed E-state index contributed by atoms with van der Waals surface area (Å²) in [5.74, 6) is 0. The maximum atomic E-state index is 9.38. The summed E-state index contributed by atoms with van der Waals surface area (Å²) in [6, 6.07) is 10.7. The lowest BCUT2D eigenvalue weighted by molar-refractivity contribution is 0.280. The average molecular weight is 244 g/mol. The van der Waals surface area contributed by atoms with E-state index in [0.29, 0.717) is 11.4 Å². The smallest absolute Gasteiger partial charge is 0.0688 e. The van der Waals surface area contributed by atoms with E-state index in [-0.39, 0.29) is 13.2 Å². The predicted octanol–water partition coefficient (Wildman–Crippen LogP) is 1.50. The van der Waals surface area contributed by atoms with Crippen LogP contribution in [0.4, 0.5) is 11.4 Å². The first kappa shape index (κ1) is 12.4. The van der Waals surface area contributed by atoms with Crippen LogP contribution in [-0.2, 0) is 13.2 Å². The maximum absolute atomic E-state index is 9.38. The summed E-state index contributed by atoms with van der Waals surface area (Å²) in [6.45, 7) is -0.203. The van der Waals surface area contributed by atoms with Gasteiger partial charge in [-0.25, -0.2) is 0 Å². The van der Waals surface area contributed by atoms with Crippen LogP contribution < -0.4 is 11.5 Å². The van der Waals surface area contributed by atoms with Gasteiger partial charge in [-0.2, -0.15) is 0 Å². The molecule has 2 rings (SSSR count). The van der Waals surface area contributed by atoms with Crippen molar-refractivity contribution in [2.45, 2.75) is 13.2 Å². The van der Waals surface area contributed by atoms with Gasteiger partial charge in [-0.15, -0.1) is 0 Å². The molecule has 18 heavy (non-hydrogen) atoms. The second kappa shape index (κ2) is 5.08. The van der Waals surface area contributed by atoms with Crippen LogP contribution in [0.15, 0.2) is 36.4 Å². The van der Waals surface area contributed by atoms with Gasteiger partial charge in [0.25, 0.3) is 0 Å². The van der Waals surface area contributed by atoms with E-state index < -0.39 is 0 Å². The minimum absolute atomic E-state index is 0.102. The monoisotopic (exact) mass is 244 g/mol. The Hall–Kier alpha value is -2.04. The minimum Gasteiger partial charge on any atom is -0.399 e. The normalized spacial score (nSPS) is 10.6. The molecule has 0 heterocycles. The molecule has 0 amide bonds. The first-order valence-electron chi connectivity index (χ1n) is 5.64. The summed E-state index contributed by atoms with van der Waals surface area (Å²) in [7, 11) is 0. The second-order valence-electron chi connectivity index (χ2n) is 4.15. The first-order chi connectivity index (χ1) is 8.65. The molecule has 0 bridgehead atoms. The molecule has 4 heteroatoms. The molecule has 0 saturated heterocycles. The van der Waals surface area contributed by atoms with Crippen molar-refractivity contribution >= 4 is 11.4 Å². The van der Waals surface area contributed by atoms with Gasteiger partial charge in [-0.1, -0.05) is 12.1 Å². The number of aliphatic hydroxyl groups excluding tert-OH is 2. The van der Waals surface area contributed by atoms with E-state index in [2.05, 4.69) is 0 Å². The molecule has 0 atom stereocenters. The Labute approximate surface area is 105 Å². The van der Waals surface area contributed by atoms with Gasteiger partial charge in [0.05, 0.1) is 13.2 Å². The van der Waals surface area contributed by atoms with Crippen molar-refractivity contribution in [2.75, 3.05) is 11.5 Å². The van der Waals surface area contributed by atoms with Crippen molar-refractivity contribution in [2.24, 2.45) is 0 Å². The quantitative estimate of drug-likeness (QED) is 0.616. The zero-order valence-corrected chi connectivity index (χ0v) is 9.93. The van der Waals surface area contributed by atoms with E-state index in [0.717, 1.165) is 22.3 Å². The average Bonchev–Trinajstić information content (AvgIpc) is 2.38. The molecule has 0 saturated carbocycles. The zero-order chi connectivity index (χ0) is 13.1. The highest BCUT2D eigenvalue weighted by Gasteiger charge is 2.09. The lowest BCUT2D eigenvalue weighted by Crippen LogP contribution is -1.97. The predicted molar refractivity (Wildman–Crippen MR) is 72.5 cm³/mol. The van der Waals surface area contributed by atoms with Crippen LogP contribution in [0.1, 0.15) is 11.1 Å². The molecule has 0 fully saturated rings. The Balaban J connectivity index is 2.61. The second-order valence-corrected chi connectivity index (χ2v) is 4.15. The van der Waals surface area contributed by atoms with Crippen LogP contribution in [-0.4, -0.2) is 10.2 Å². The molecule has 0 radical (unpaired) electrons. The van der Waals surface area contributed by atoms with Gasteiger partial charge in [0.2, 0.25) is 0 Å². The molecule has 0 aliphatic rings. The van der Waals surface area contributed by atoms with E-state index in [1.165, 1.54) is 0 Å². The van der Waals surface area contributed by atoms with Gasteiger partial charge in [0.1, 0.15) is 0 Å². The highest BCUT2D eigenvalue weighted by molar-refractivity contribution is 5.74. The zero-order valence-electron chi connectivity index (χ0n) is 9.93. The van der Waals surface area contributed by atoms with Gasteiger partial charge < -0.3 is 21.7 Å². The molecule has 0 aliphatic carbocycles. The van der Waals surface area contributed by atoms with Crippen molar-refractivity contribution in [3.8, 4) is 11.1 Å². The number of hydrogen-bond donors (Lipinski definition) is 4. The summed E-state index contributed by atoms with van der Waals surface area (Å²) in [5, 5.41) is 18.8. The molecule has 4 nitrogen and oxygen atoms in total. The van der Waals surface area contributed by atoms with Gasteiger partial charge in [-0.05, 0) is 46.5 Å². The Morgan fingerprint density at radius 3 is 1.44 bits per heavy atom. The van der Waals surface area contributed by atoms with E-state index in [4.69, 9.17) is 11.5 Å². The lowest BCUT2D eigenvalue weighted by atomic mass is 9.95. The Bertz CT molecular complexity index is 516. The number of anilines is 2. The van der Waals surface area contributed by atoms with E-state index in [1.54, 1.807) is 24.3 Å².